The van der Waals surface area contributed by atoms with Crippen LogP contribution in [0.4, 0.5) is 5.13 Å². The zero-order valence-electron chi connectivity index (χ0n) is 18.4. The fourth-order valence-corrected chi connectivity index (χ4v) is 4.23. The maximum atomic E-state index is 6.15. The molecule has 0 saturated carbocycles. The van der Waals surface area contributed by atoms with Crippen molar-refractivity contribution in [2.45, 2.75) is 39.3 Å². The second-order valence-electron chi connectivity index (χ2n) is 7.70. The van der Waals surface area contributed by atoms with Crippen molar-refractivity contribution in [3.63, 3.8) is 0 Å². The predicted octanol–water partition coefficient (Wildman–Crippen LogP) is 4.36. The third kappa shape index (κ3) is 7.09. The Bertz CT molecular complexity index is 793. The van der Waals surface area contributed by atoms with Gasteiger partial charge in [0.15, 0.2) is 11.1 Å². The van der Waals surface area contributed by atoms with Gasteiger partial charge in [0.2, 0.25) is 0 Å². The third-order valence-electron chi connectivity index (χ3n) is 5.05. The quantitative estimate of drug-likeness (QED) is 0.309. The third-order valence-corrected chi connectivity index (χ3v) is 6.11. The molecular formula is C22H34IN5OS. The summed E-state index contributed by atoms with van der Waals surface area (Å²) in [6.45, 7) is 7.28. The number of benzene rings is 1. The molecule has 2 atom stereocenters. The van der Waals surface area contributed by atoms with E-state index in [4.69, 9.17) is 9.73 Å². The zero-order valence-corrected chi connectivity index (χ0v) is 21.5. The van der Waals surface area contributed by atoms with Gasteiger partial charge in [-0.15, -0.1) is 35.3 Å². The summed E-state index contributed by atoms with van der Waals surface area (Å²) in [5.74, 6) is 1.26. The van der Waals surface area contributed by atoms with Crippen LogP contribution in [0.2, 0.25) is 0 Å². The SMILES string of the molecule is CCNC(=NCc1csc(N(C)C)n1)NCC1CCCOC1c1ccc(C)cc1.I. The number of aryl methyl sites for hydroxylation is 1. The molecule has 2 unspecified atom stereocenters. The van der Waals surface area contributed by atoms with Crippen LogP contribution < -0.4 is 15.5 Å². The lowest BCUT2D eigenvalue weighted by atomic mass is 9.89. The lowest BCUT2D eigenvalue weighted by Crippen LogP contribution is -2.42. The minimum atomic E-state index is 0. The monoisotopic (exact) mass is 543 g/mol. The molecule has 6 nitrogen and oxygen atoms in total. The fourth-order valence-electron chi connectivity index (χ4n) is 3.48. The summed E-state index contributed by atoms with van der Waals surface area (Å²) in [5.41, 5.74) is 3.54. The first-order chi connectivity index (χ1) is 14.1. The lowest BCUT2D eigenvalue weighted by Gasteiger charge is -2.32. The Morgan fingerprint density at radius 2 is 2.03 bits per heavy atom. The summed E-state index contributed by atoms with van der Waals surface area (Å²) >= 11 is 1.65. The fraction of sp³-hybridized carbons (Fsp3) is 0.545. The molecule has 1 aromatic carbocycles. The lowest BCUT2D eigenvalue weighted by molar-refractivity contribution is -0.0265. The molecule has 30 heavy (non-hydrogen) atoms. The van der Waals surface area contributed by atoms with Crippen molar-refractivity contribution in [2.75, 3.05) is 38.7 Å². The van der Waals surface area contributed by atoms with E-state index in [9.17, 15) is 0 Å². The maximum Gasteiger partial charge on any atom is 0.191 e. The van der Waals surface area contributed by atoms with Crippen LogP contribution in [0.1, 0.15) is 42.7 Å². The molecular weight excluding hydrogens is 509 g/mol. The Balaban J connectivity index is 0.00000320. The van der Waals surface area contributed by atoms with Gasteiger partial charge in [-0.3, -0.25) is 0 Å². The number of nitrogens with zero attached hydrogens (tertiary/aromatic N) is 3. The average Bonchev–Trinajstić information content (AvgIpc) is 3.20. The average molecular weight is 544 g/mol. The molecule has 3 rings (SSSR count). The Kier molecular flexibility index (Phi) is 10.3. The van der Waals surface area contributed by atoms with Crippen LogP contribution in [0.5, 0.6) is 0 Å². The Hall–Kier alpha value is -1.39. The van der Waals surface area contributed by atoms with Crippen molar-refractivity contribution < 1.29 is 4.74 Å². The Labute approximate surface area is 201 Å². The molecule has 2 N–H and O–H groups in total. The second kappa shape index (κ2) is 12.5. The highest BCUT2D eigenvalue weighted by Gasteiger charge is 2.27. The highest BCUT2D eigenvalue weighted by Crippen LogP contribution is 2.33. The minimum absolute atomic E-state index is 0. The van der Waals surface area contributed by atoms with E-state index in [1.54, 1.807) is 11.3 Å². The van der Waals surface area contributed by atoms with Crippen LogP contribution in [0, 0.1) is 12.8 Å². The summed E-state index contributed by atoms with van der Waals surface area (Å²) in [7, 11) is 4.02. The maximum absolute atomic E-state index is 6.15. The number of thiazole rings is 1. The van der Waals surface area contributed by atoms with E-state index >= 15 is 0 Å². The molecule has 0 aliphatic carbocycles. The molecule has 1 aliphatic rings. The van der Waals surface area contributed by atoms with Crippen LogP contribution in [0.15, 0.2) is 34.6 Å². The summed E-state index contributed by atoms with van der Waals surface area (Å²) in [6.07, 6.45) is 2.40. The van der Waals surface area contributed by atoms with Gasteiger partial charge >= 0.3 is 0 Å². The molecule has 1 aromatic heterocycles. The van der Waals surface area contributed by atoms with Gasteiger partial charge in [0.05, 0.1) is 18.3 Å². The van der Waals surface area contributed by atoms with Crippen molar-refractivity contribution >= 4 is 46.4 Å². The first-order valence-electron chi connectivity index (χ1n) is 10.4. The number of hydrogen-bond donors (Lipinski definition) is 2. The van der Waals surface area contributed by atoms with E-state index in [0.717, 1.165) is 49.3 Å². The van der Waals surface area contributed by atoms with Crippen molar-refractivity contribution in [1.29, 1.82) is 0 Å². The van der Waals surface area contributed by atoms with Gasteiger partial charge < -0.3 is 20.3 Å². The van der Waals surface area contributed by atoms with E-state index in [0.29, 0.717) is 12.5 Å². The van der Waals surface area contributed by atoms with Crippen LogP contribution >= 0.6 is 35.3 Å². The van der Waals surface area contributed by atoms with Gasteiger partial charge in [0.25, 0.3) is 0 Å². The van der Waals surface area contributed by atoms with E-state index in [-0.39, 0.29) is 30.1 Å². The summed E-state index contributed by atoms with van der Waals surface area (Å²) in [5, 5.41) is 9.95. The van der Waals surface area contributed by atoms with Crippen LogP contribution in [-0.2, 0) is 11.3 Å². The number of guanidine groups is 1. The van der Waals surface area contributed by atoms with Crippen molar-refractivity contribution in [3.05, 3.63) is 46.5 Å². The zero-order chi connectivity index (χ0) is 20.6. The first-order valence-corrected chi connectivity index (χ1v) is 11.3. The molecule has 1 fully saturated rings. The standard InChI is InChI=1S/C22H33N5OS.HI/c1-5-23-21(25-14-19-15-29-22(26-19)27(3)4)24-13-18-7-6-12-28-20(18)17-10-8-16(2)9-11-17;/h8-11,15,18,20H,5-7,12-14H2,1-4H3,(H2,23,24,25);1H. The van der Waals surface area contributed by atoms with Crippen LogP contribution in [-0.4, -0.2) is 44.7 Å². The van der Waals surface area contributed by atoms with Gasteiger partial charge in [-0.25, -0.2) is 9.98 Å². The van der Waals surface area contributed by atoms with Crippen molar-refractivity contribution in [2.24, 2.45) is 10.9 Å². The number of nitrogens with one attached hydrogen (secondary N) is 2. The minimum Gasteiger partial charge on any atom is -0.373 e. The molecule has 0 radical (unpaired) electrons. The Morgan fingerprint density at radius 3 is 2.70 bits per heavy atom. The largest absolute Gasteiger partial charge is 0.373 e. The van der Waals surface area contributed by atoms with Crippen molar-refractivity contribution in [3.8, 4) is 0 Å². The number of anilines is 1. The topological polar surface area (TPSA) is 61.8 Å². The van der Waals surface area contributed by atoms with Gasteiger partial charge in [0.1, 0.15) is 0 Å². The molecule has 166 valence electrons. The predicted molar refractivity (Wildman–Crippen MR) is 137 cm³/mol. The number of aliphatic imine (C=N–C) groups is 1. The van der Waals surface area contributed by atoms with Gasteiger partial charge in [-0.05, 0) is 32.3 Å². The molecule has 0 amide bonds. The van der Waals surface area contributed by atoms with Crippen LogP contribution in [0.25, 0.3) is 0 Å². The molecule has 2 aromatic rings. The van der Waals surface area contributed by atoms with E-state index in [2.05, 4.69) is 59.1 Å². The smallest absolute Gasteiger partial charge is 0.191 e. The highest BCUT2D eigenvalue weighted by molar-refractivity contribution is 14.0. The molecule has 0 bridgehead atoms. The molecule has 8 heteroatoms. The van der Waals surface area contributed by atoms with Crippen molar-refractivity contribution in [1.82, 2.24) is 15.6 Å². The number of aromatic nitrogens is 1. The highest BCUT2D eigenvalue weighted by atomic mass is 127. The molecule has 1 saturated heterocycles. The molecule has 2 heterocycles. The molecule has 0 spiro atoms. The normalized spacial score (nSPS) is 19.1. The van der Waals surface area contributed by atoms with E-state index in [1.165, 1.54) is 11.1 Å². The van der Waals surface area contributed by atoms with Gasteiger partial charge in [-0.1, -0.05) is 29.8 Å². The summed E-state index contributed by atoms with van der Waals surface area (Å²) in [4.78, 5) is 11.4. The first kappa shape index (κ1) is 24.9. The molecule has 1 aliphatic heterocycles. The number of ether oxygens (including phenoxy) is 1. The van der Waals surface area contributed by atoms with E-state index < -0.39 is 0 Å². The van der Waals surface area contributed by atoms with E-state index in [1.807, 2.05) is 19.0 Å². The summed E-state index contributed by atoms with van der Waals surface area (Å²) in [6, 6.07) is 8.72. The Morgan fingerprint density at radius 1 is 1.27 bits per heavy atom. The van der Waals surface area contributed by atoms with Crippen LogP contribution in [0.3, 0.4) is 0 Å². The van der Waals surface area contributed by atoms with Gasteiger partial charge in [0, 0.05) is 45.1 Å². The number of rotatable bonds is 7. The number of halogens is 1. The summed E-state index contributed by atoms with van der Waals surface area (Å²) < 4.78 is 6.15. The number of hydrogen-bond acceptors (Lipinski definition) is 5. The second-order valence-corrected chi connectivity index (χ2v) is 8.53. The van der Waals surface area contributed by atoms with Gasteiger partial charge in [-0.2, -0.15) is 0 Å².